The van der Waals surface area contributed by atoms with E-state index >= 15 is 0 Å². The van der Waals surface area contributed by atoms with Crippen molar-refractivity contribution in [1.82, 2.24) is 10.3 Å². The molecule has 0 atom stereocenters. The van der Waals surface area contributed by atoms with Crippen LogP contribution in [0.3, 0.4) is 0 Å². The molecule has 0 radical (unpaired) electrons. The zero-order chi connectivity index (χ0) is 13.8. The number of nitrogens with one attached hydrogen (secondary N) is 1. The van der Waals surface area contributed by atoms with Gasteiger partial charge in [-0.2, -0.15) is 0 Å². The third-order valence-corrected chi connectivity index (χ3v) is 3.14. The van der Waals surface area contributed by atoms with Gasteiger partial charge in [0.15, 0.2) is 0 Å². The summed E-state index contributed by atoms with van der Waals surface area (Å²) in [7, 11) is 0. The van der Waals surface area contributed by atoms with E-state index < -0.39 is 17.4 Å². The highest BCUT2D eigenvalue weighted by Crippen LogP contribution is 2.16. The van der Waals surface area contributed by atoms with Gasteiger partial charge in [0.05, 0.1) is 5.56 Å². The maximum absolute atomic E-state index is 12.0. The van der Waals surface area contributed by atoms with E-state index in [0.717, 1.165) is 5.69 Å². The van der Waals surface area contributed by atoms with Crippen LogP contribution in [0, 0.1) is 6.92 Å². The minimum atomic E-state index is -1.21. The first-order valence-corrected chi connectivity index (χ1v) is 5.93. The molecule has 0 aromatic carbocycles. The number of carbonyl (C=O) groups excluding carboxylic acids is 1. The van der Waals surface area contributed by atoms with Gasteiger partial charge in [-0.25, -0.2) is 4.79 Å². The Morgan fingerprint density at radius 1 is 1.33 bits per heavy atom. The van der Waals surface area contributed by atoms with Crippen LogP contribution in [0.5, 0.6) is 0 Å². The van der Waals surface area contributed by atoms with Crippen LogP contribution < -0.4 is 5.32 Å². The summed E-state index contributed by atoms with van der Waals surface area (Å²) in [5, 5.41) is 11.8. The predicted molar refractivity (Wildman–Crippen MR) is 67.4 cm³/mol. The number of carboxylic acids is 1. The van der Waals surface area contributed by atoms with E-state index in [2.05, 4.69) is 10.3 Å². The molecule has 0 aliphatic rings. The number of carboxylic acid groups (broad SMARTS) is 1. The van der Waals surface area contributed by atoms with E-state index in [1.54, 1.807) is 26.0 Å². The minimum absolute atomic E-state index is 0.337. The number of aliphatic carboxylic acids is 1. The van der Waals surface area contributed by atoms with Crippen molar-refractivity contribution < 1.29 is 14.7 Å². The van der Waals surface area contributed by atoms with Gasteiger partial charge >= 0.3 is 5.97 Å². The van der Waals surface area contributed by atoms with Crippen molar-refractivity contribution in [2.24, 2.45) is 0 Å². The molecule has 98 valence electrons. The first kappa shape index (κ1) is 14.2. The Hall–Kier alpha value is -1.91. The molecule has 0 unspecified atom stereocenters. The Bertz CT molecular complexity index is 436. The second kappa shape index (κ2) is 5.62. The fourth-order valence-corrected chi connectivity index (χ4v) is 1.67. The molecule has 0 aliphatic heterocycles. The van der Waals surface area contributed by atoms with Gasteiger partial charge in [0.25, 0.3) is 5.91 Å². The van der Waals surface area contributed by atoms with E-state index in [4.69, 9.17) is 0 Å². The lowest BCUT2D eigenvalue weighted by Crippen LogP contribution is -2.53. The molecule has 0 spiro atoms. The second-order valence-electron chi connectivity index (χ2n) is 4.24. The Morgan fingerprint density at radius 3 is 2.33 bits per heavy atom. The number of hydrogen-bond donors (Lipinski definition) is 2. The first-order chi connectivity index (χ1) is 8.45. The fraction of sp³-hybridized carbons (Fsp3) is 0.462. The van der Waals surface area contributed by atoms with Crippen molar-refractivity contribution in [3.05, 3.63) is 29.6 Å². The Morgan fingerprint density at radius 2 is 1.94 bits per heavy atom. The monoisotopic (exact) mass is 250 g/mol. The molecule has 2 N–H and O–H groups in total. The fourth-order valence-electron chi connectivity index (χ4n) is 1.67. The Kier molecular flexibility index (Phi) is 4.42. The summed E-state index contributed by atoms with van der Waals surface area (Å²) < 4.78 is 0. The topological polar surface area (TPSA) is 79.3 Å². The van der Waals surface area contributed by atoms with Crippen LogP contribution in [0.4, 0.5) is 0 Å². The molecular weight excluding hydrogens is 232 g/mol. The zero-order valence-electron chi connectivity index (χ0n) is 10.9. The molecule has 1 rings (SSSR count). The van der Waals surface area contributed by atoms with Crippen LogP contribution in [-0.2, 0) is 4.79 Å². The third kappa shape index (κ3) is 2.85. The summed E-state index contributed by atoms with van der Waals surface area (Å²) in [5.74, 6) is -1.42. The number of aromatic nitrogens is 1. The number of rotatable bonds is 5. The lowest BCUT2D eigenvalue weighted by molar-refractivity contribution is -0.144. The molecule has 1 heterocycles. The lowest BCUT2D eigenvalue weighted by atomic mass is 9.92. The number of hydrogen-bond acceptors (Lipinski definition) is 3. The molecule has 1 aromatic rings. The molecule has 0 saturated heterocycles. The molecule has 0 fully saturated rings. The normalized spacial score (nSPS) is 11.1. The van der Waals surface area contributed by atoms with Gasteiger partial charge in [-0.3, -0.25) is 9.78 Å². The van der Waals surface area contributed by atoms with Crippen LogP contribution in [-0.4, -0.2) is 27.5 Å². The van der Waals surface area contributed by atoms with E-state index in [1.807, 2.05) is 6.92 Å². The Labute approximate surface area is 106 Å². The average molecular weight is 250 g/mol. The smallest absolute Gasteiger partial charge is 0.329 e. The van der Waals surface area contributed by atoms with Crippen LogP contribution in [0.15, 0.2) is 18.3 Å². The van der Waals surface area contributed by atoms with Gasteiger partial charge < -0.3 is 10.4 Å². The van der Waals surface area contributed by atoms with E-state index in [-0.39, 0.29) is 0 Å². The van der Waals surface area contributed by atoms with Crippen molar-refractivity contribution in [3.8, 4) is 0 Å². The Balaban J connectivity index is 2.91. The van der Waals surface area contributed by atoms with Gasteiger partial charge in [0.1, 0.15) is 5.54 Å². The van der Waals surface area contributed by atoms with Crippen LogP contribution in [0.2, 0.25) is 0 Å². The third-order valence-electron chi connectivity index (χ3n) is 3.14. The molecular formula is C13H18N2O3. The summed E-state index contributed by atoms with van der Waals surface area (Å²) in [6.45, 7) is 5.30. The average Bonchev–Trinajstić information content (AvgIpc) is 2.36. The highest BCUT2D eigenvalue weighted by atomic mass is 16.4. The first-order valence-electron chi connectivity index (χ1n) is 5.93. The molecule has 0 bridgehead atoms. The van der Waals surface area contributed by atoms with Crippen LogP contribution in [0.25, 0.3) is 0 Å². The molecule has 0 saturated carbocycles. The number of carbonyl (C=O) groups is 2. The van der Waals surface area contributed by atoms with Gasteiger partial charge in [0, 0.05) is 11.9 Å². The van der Waals surface area contributed by atoms with Crippen molar-refractivity contribution in [1.29, 1.82) is 0 Å². The minimum Gasteiger partial charge on any atom is -0.480 e. The summed E-state index contributed by atoms with van der Waals surface area (Å²) >= 11 is 0. The molecule has 1 aromatic heterocycles. The largest absolute Gasteiger partial charge is 0.480 e. The van der Waals surface area contributed by atoms with Crippen LogP contribution in [0.1, 0.15) is 42.7 Å². The van der Waals surface area contributed by atoms with Crippen molar-refractivity contribution >= 4 is 11.9 Å². The molecule has 18 heavy (non-hydrogen) atoms. The number of amides is 1. The number of pyridine rings is 1. The number of aryl methyl sites for hydroxylation is 1. The van der Waals surface area contributed by atoms with Crippen molar-refractivity contribution in [3.63, 3.8) is 0 Å². The standard InChI is InChI=1S/C13H18N2O3/c1-4-13(5-2,12(17)18)15-11(16)10-7-6-9(3)14-8-10/h6-8H,4-5H2,1-3H3,(H,15,16)(H,17,18). The summed E-state index contributed by atoms with van der Waals surface area (Å²) in [6, 6.07) is 3.35. The highest BCUT2D eigenvalue weighted by molar-refractivity contribution is 5.97. The van der Waals surface area contributed by atoms with E-state index in [1.165, 1.54) is 6.20 Å². The van der Waals surface area contributed by atoms with Gasteiger partial charge in [-0.1, -0.05) is 13.8 Å². The maximum atomic E-state index is 12.0. The quantitative estimate of drug-likeness (QED) is 0.834. The predicted octanol–water partition coefficient (Wildman–Crippen LogP) is 1.76. The highest BCUT2D eigenvalue weighted by Gasteiger charge is 2.36. The van der Waals surface area contributed by atoms with Gasteiger partial charge in [-0.15, -0.1) is 0 Å². The van der Waals surface area contributed by atoms with Gasteiger partial charge in [0.2, 0.25) is 0 Å². The maximum Gasteiger partial charge on any atom is 0.329 e. The molecule has 0 aliphatic carbocycles. The van der Waals surface area contributed by atoms with E-state index in [0.29, 0.717) is 18.4 Å². The van der Waals surface area contributed by atoms with Crippen LogP contribution >= 0.6 is 0 Å². The summed E-state index contributed by atoms with van der Waals surface area (Å²) in [6.07, 6.45) is 2.12. The van der Waals surface area contributed by atoms with E-state index in [9.17, 15) is 14.7 Å². The molecule has 5 heteroatoms. The summed E-state index contributed by atoms with van der Waals surface area (Å²) in [4.78, 5) is 27.3. The van der Waals surface area contributed by atoms with Gasteiger partial charge in [-0.05, 0) is 31.9 Å². The molecule has 5 nitrogen and oxygen atoms in total. The van der Waals surface area contributed by atoms with Crippen molar-refractivity contribution in [2.45, 2.75) is 39.2 Å². The SMILES string of the molecule is CCC(CC)(NC(=O)c1ccc(C)nc1)C(=O)O. The number of nitrogens with zero attached hydrogens (tertiary/aromatic N) is 1. The second-order valence-corrected chi connectivity index (χ2v) is 4.24. The zero-order valence-corrected chi connectivity index (χ0v) is 10.9. The lowest BCUT2D eigenvalue weighted by Gasteiger charge is -2.27. The molecule has 1 amide bonds. The van der Waals surface area contributed by atoms with Crippen molar-refractivity contribution in [2.75, 3.05) is 0 Å². The summed E-state index contributed by atoms with van der Waals surface area (Å²) in [5.41, 5.74) is -0.0303.